The molecule has 0 radical (unpaired) electrons. The molecule has 1 aliphatic carbocycles. The molecule has 2 atom stereocenters. The monoisotopic (exact) mass is 463 g/mol. The van der Waals surface area contributed by atoms with E-state index in [0.29, 0.717) is 0 Å². The summed E-state index contributed by atoms with van der Waals surface area (Å²) >= 11 is 0. The number of nitrogens with zero attached hydrogens (tertiary/aromatic N) is 1. The maximum absolute atomic E-state index is 6.71. The van der Waals surface area contributed by atoms with Crippen LogP contribution in [0, 0.1) is 0 Å². The van der Waals surface area contributed by atoms with Gasteiger partial charge in [-0.15, -0.1) is 0 Å². The fourth-order valence-corrected chi connectivity index (χ4v) is 6.34. The molecule has 0 fully saturated rings. The molecule has 170 valence electrons. The summed E-state index contributed by atoms with van der Waals surface area (Å²) in [4.78, 5) is 0. The molecule has 4 heterocycles. The van der Waals surface area contributed by atoms with Crippen molar-refractivity contribution >= 4 is 60.6 Å². The van der Waals surface area contributed by atoms with E-state index in [1.807, 2.05) is 0 Å². The van der Waals surface area contributed by atoms with Gasteiger partial charge in [0, 0.05) is 21.5 Å². The van der Waals surface area contributed by atoms with Gasteiger partial charge in [0.1, 0.15) is 17.0 Å². The maximum Gasteiger partial charge on any atom is 0.147 e. The van der Waals surface area contributed by atoms with E-state index >= 15 is 0 Å². The normalized spacial score (nSPS) is 18.8. The predicted molar refractivity (Wildman–Crippen MR) is 149 cm³/mol. The molecule has 4 aromatic carbocycles. The summed E-state index contributed by atoms with van der Waals surface area (Å²) in [5.74, 6) is 1.11. The van der Waals surface area contributed by atoms with Crippen LogP contribution in [-0.2, 0) is 0 Å². The van der Waals surface area contributed by atoms with Crippen LogP contribution in [0.1, 0.15) is 0 Å². The number of benzene rings is 4. The second-order valence-electron chi connectivity index (χ2n) is 9.89. The van der Waals surface area contributed by atoms with E-state index in [0.717, 1.165) is 44.4 Å². The Hall–Kier alpha value is -4.70. The van der Waals surface area contributed by atoms with Gasteiger partial charge in [-0.1, -0.05) is 78.9 Å². The number of para-hydroxylation sites is 1. The van der Waals surface area contributed by atoms with Crippen LogP contribution in [0.5, 0.6) is 0 Å². The van der Waals surface area contributed by atoms with E-state index in [9.17, 15) is 0 Å². The highest BCUT2D eigenvalue weighted by atomic mass is 16.3. The smallest absolute Gasteiger partial charge is 0.147 e. The number of fused-ring (bicyclic) bond motifs is 11. The zero-order chi connectivity index (χ0) is 23.4. The van der Waals surface area contributed by atoms with Gasteiger partial charge in [-0.05, 0) is 35.4 Å². The lowest BCUT2D eigenvalue weighted by Crippen LogP contribution is -2.41. The SMILES string of the molecule is C1=CC2Nc3c(n4c5ccccc5c5cc6c7ccc(-c8ccccc8)cc7oc6c3c54)NC2C=C1. The van der Waals surface area contributed by atoms with Crippen molar-refractivity contribution in [2.45, 2.75) is 12.1 Å². The molecule has 4 nitrogen and oxygen atoms in total. The summed E-state index contributed by atoms with van der Waals surface area (Å²) in [7, 11) is 0. The minimum atomic E-state index is 0.198. The molecule has 0 bridgehead atoms. The van der Waals surface area contributed by atoms with Gasteiger partial charge >= 0.3 is 0 Å². The molecule has 7 aromatic rings. The van der Waals surface area contributed by atoms with Crippen molar-refractivity contribution in [3.8, 4) is 11.1 Å². The van der Waals surface area contributed by atoms with Crippen molar-refractivity contribution in [3.63, 3.8) is 0 Å². The zero-order valence-corrected chi connectivity index (χ0v) is 19.3. The Morgan fingerprint density at radius 1 is 0.667 bits per heavy atom. The third-order valence-electron chi connectivity index (χ3n) is 7.96. The Labute approximate surface area is 206 Å². The number of hydrogen-bond donors (Lipinski definition) is 2. The number of anilines is 2. The highest BCUT2D eigenvalue weighted by molar-refractivity contribution is 6.30. The van der Waals surface area contributed by atoms with Gasteiger partial charge in [0.15, 0.2) is 0 Å². The lowest BCUT2D eigenvalue weighted by molar-refractivity contribution is 0.673. The average Bonchev–Trinajstić information content (AvgIpc) is 3.57. The van der Waals surface area contributed by atoms with Crippen molar-refractivity contribution in [2.75, 3.05) is 10.6 Å². The van der Waals surface area contributed by atoms with Crippen LogP contribution in [0.3, 0.4) is 0 Å². The molecule has 0 saturated carbocycles. The summed E-state index contributed by atoms with van der Waals surface area (Å²) < 4.78 is 9.09. The Morgan fingerprint density at radius 3 is 2.36 bits per heavy atom. The quantitative estimate of drug-likeness (QED) is 0.260. The first-order chi connectivity index (χ1) is 17.8. The molecule has 0 amide bonds. The van der Waals surface area contributed by atoms with E-state index in [-0.39, 0.29) is 12.1 Å². The molecule has 2 N–H and O–H groups in total. The average molecular weight is 464 g/mol. The zero-order valence-electron chi connectivity index (χ0n) is 19.3. The highest BCUT2D eigenvalue weighted by Gasteiger charge is 2.33. The van der Waals surface area contributed by atoms with Crippen LogP contribution in [0.15, 0.2) is 108 Å². The van der Waals surface area contributed by atoms with Gasteiger partial charge in [-0.2, -0.15) is 0 Å². The molecular weight excluding hydrogens is 442 g/mol. The third kappa shape index (κ3) is 2.24. The van der Waals surface area contributed by atoms with Gasteiger partial charge in [-0.25, -0.2) is 0 Å². The van der Waals surface area contributed by atoms with Crippen LogP contribution in [0.4, 0.5) is 11.5 Å². The summed E-state index contributed by atoms with van der Waals surface area (Å²) in [6.07, 6.45) is 8.70. The minimum Gasteiger partial charge on any atom is -0.455 e. The van der Waals surface area contributed by atoms with Crippen LogP contribution < -0.4 is 10.6 Å². The Bertz CT molecular complexity index is 2060. The fraction of sp³-hybridized carbons (Fsp3) is 0.0625. The summed E-state index contributed by atoms with van der Waals surface area (Å²) in [6, 6.07) is 28.5. The Balaban J connectivity index is 1.42. The number of furan rings is 1. The second-order valence-corrected chi connectivity index (χ2v) is 9.89. The third-order valence-corrected chi connectivity index (χ3v) is 7.96. The number of hydrogen-bond acceptors (Lipinski definition) is 3. The molecule has 1 aliphatic heterocycles. The molecule has 0 saturated heterocycles. The molecule has 2 aliphatic rings. The van der Waals surface area contributed by atoms with E-state index in [2.05, 4.69) is 118 Å². The summed E-state index contributed by atoms with van der Waals surface area (Å²) in [6.45, 7) is 0. The van der Waals surface area contributed by atoms with Crippen LogP contribution in [-0.4, -0.2) is 16.5 Å². The van der Waals surface area contributed by atoms with E-state index < -0.39 is 0 Å². The molecule has 2 unspecified atom stereocenters. The first-order valence-corrected chi connectivity index (χ1v) is 12.5. The lowest BCUT2D eigenvalue weighted by atomic mass is 9.98. The van der Waals surface area contributed by atoms with Crippen molar-refractivity contribution in [3.05, 3.63) is 103 Å². The van der Waals surface area contributed by atoms with Crippen LogP contribution in [0.2, 0.25) is 0 Å². The minimum absolute atomic E-state index is 0.198. The van der Waals surface area contributed by atoms with Gasteiger partial charge in [-0.3, -0.25) is 4.40 Å². The first-order valence-electron chi connectivity index (χ1n) is 12.5. The van der Waals surface area contributed by atoms with Crippen molar-refractivity contribution < 1.29 is 4.42 Å². The molecule has 36 heavy (non-hydrogen) atoms. The van der Waals surface area contributed by atoms with Gasteiger partial charge in [0.25, 0.3) is 0 Å². The maximum atomic E-state index is 6.71. The van der Waals surface area contributed by atoms with Gasteiger partial charge in [0.05, 0.1) is 34.2 Å². The Morgan fingerprint density at radius 2 is 1.47 bits per heavy atom. The first kappa shape index (κ1) is 18.6. The number of allylic oxidation sites excluding steroid dienone is 2. The molecular formula is C32H21N3O. The number of aromatic nitrogens is 1. The van der Waals surface area contributed by atoms with E-state index in [4.69, 9.17) is 4.42 Å². The standard InChI is InChI=1S/C32H21N3O/c1-2-8-18(9-3-1)19-14-15-21-23-17-22-20-10-4-7-13-26(20)35-30(22)28(31(23)36-27(21)16-19)29-32(35)34-25-12-6-5-11-24(25)33-29/h1-17,24-25,33-34H. The largest absolute Gasteiger partial charge is 0.455 e. The van der Waals surface area contributed by atoms with Gasteiger partial charge < -0.3 is 15.1 Å². The molecule has 0 spiro atoms. The number of rotatable bonds is 1. The van der Waals surface area contributed by atoms with Crippen LogP contribution in [0.25, 0.3) is 60.3 Å². The predicted octanol–water partition coefficient (Wildman–Crippen LogP) is 7.95. The topological polar surface area (TPSA) is 41.6 Å². The van der Waals surface area contributed by atoms with E-state index in [1.165, 1.54) is 27.4 Å². The summed E-state index contributed by atoms with van der Waals surface area (Å²) in [5.41, 5.74) is 7.76. The van der Waals surface area contributed by atoms with Crippen molar-refractivity contribution in [2.24, 2.45) is 0 Å². The molecule has 4 heteroatoms. The van der Waals surface area contributed by atoms with Crippen LogP contribution >= 0.6 is 0 Å². The van der Waals surface area contributed by atoms with E-state index in [1.54, 1.807) is 0 Å². The molecule has 3 aromatic heterocycles. The fourth-order valence-electron chi connectivity index (χ4n) is 6.34. The van der Waals surface area contributed by atoms with Crippen molar-refractivity contribution in [1.82, 2.24) is 4.40 Å². The Kier molecular flexibility index (Phi) is 3.36. The second kappa shape index (κ2) is 6.49. The highest BCUT2D eigenvalue weighted by Crippen LogP contribution is 2.50. The molecule has 9 rings (SSSR count). The van der Waals surface area contributed by atoms with Gasteiger partial charge in [0.2, 0.25) is 0 Å². The van der Waals surface area contributed by atoms with Crippen molar-refractivity contribution in [1.29, 1.82) is 0 Å². The summed E-state index contributed by atoms with van der Waals surface area (Å²) in [5, 5.41) is 13.7. The number of nitrogens with one attached hydrogen (secondary N) is 2. The lowest BCUT2D eigenvalue weighted by Gasteiger charge is -2.33.